The fourth-order valence-corrected chi connectivity index (χ4v) is 2.27. The number of benzene rings is 1. The van der Waals surface area contributed by atoms with Crippen LogP contribution in [-0.2, 0) is 4.74 Å². The topological polar surface area (TPSA) is 30.5 Å². The van der Waals surface area contributed by atoms with Crippen LogP contribution in [0.4, 0.5) is 0 Å². The molecule has 1 heterocycles. The summed E-state index contributed by atoms with van der Waals surface area (Å²) in [7, 11) is 1.72. The van der Waals surface area contributed by atoms with Crippen LogP contribution in [0.25, 0.3) is 0 Å². The van der Waals surface area contributed by atoms with E-state index in [1.807, 2.05) is 0 Å². The van der Waals surface area contributed by atoms with Crippen molar-refractivity contribution in [3.8, 4) is 5.75 Å². The molecule has 16 heavy (non-hydrogen) atoms. The number of hydrogen-bond donors (Lipinski definition) is 1. The number of nitrogens with one attached hydrogen (secondary N) is 1. The Morgan fingerprint density at radius 2 is 2.00 bits per heavy atom. The summed E-state index contributed by atoms with van der Waals surface area (Å²) in [6.07, 6.45) is 0.178. The molecule has 1 aromatic carbocycles. The first-order chi connectivity index (χ1) is 7.72. The molecule has 3 nitrogen and oxygen atoms in total. The van der Waals surface area contributed by atoms with Gasteiger partial charge in [0.05, 0.1) is 19.8 Å². The van der Waals surface area contributed by atoms with Gasteiger partial charge < -0.3 is 14.8 Å². The predicted octanol–water partition coefficient (Wildman–Crippen LogP) is 1.97. The summed E-state index contributed by atoms with van der Waals surface area (Å²) in [6.45, 7) is 6.78. The van der Waals surface area contributed by atoms with Crippen molar-refractivity contribution in [1.82, 2.24) is 5.32 Å². The minimum atomic E-state index is 0.178. The van der Waals surface area contributed by atoms with Gasteiger partial charge in [-0.3, -0.25) is 0 Å². The zero-order chi connectivity index (χ0) is 11.5. The molecule has 1 atom stereocenters. The number of hydrogen-bond acceptors (Lipinski definition) is 3. The highest BCUT2D eigenvalue weighted by atomic mass is 16.5. The zero-order valence-electron chi connectivity index (χ0n) is 10.2. The molecule has 88 valence electrons. The van der Waals surface area contributed by atoms with Gasteiger partial charge in [-0.05, 0) is 42.7 Å². The molecule has 1 aromatic rings. The first-order valence-electron chi connectivity index (χ1n) is 5.70. The minimum Gasteiger partial charge on any atom is -0.496 e. The van der Waals surface area contributed by atoms with Crippen molar-refractivity contribution >= 4 is 0 Å². The first-order valence-corrected chi connectivity index (χ1v) is 5.70. The van der Waals surface area contributed by atoms with Crippen molar-refractivity contribution in [2.24, 2.45) is 0 Å². The fraction of sp³-hybridized carbons (Fsp3) is 0.538. The normalized spacial score (nSPS) is 20.8. The largest absolute Gasteiger partial charge is 0.496 e. The van der Waals surface area contributed by atoms with Crippen molar-refractivity contribution in [1.29, 1.82) is 0 Å². The average Bonchev–Trinajstić information content (AvgIpc) is 2.30. The predicted molar refractivity (Wildman–Crippen MR) is 64.0 cm³/mol. The van der Waals surface area contributed by atoms with E-state index in [4.69, 9.17) is 9.47 Å². The van der Waals surface area contributed by atoms with Gasteiger partial charge in [-0.1, -0.05) is 0 Å². The molecule has 1 N–H and O–H groups in total. The summed E-state index contributed by atoms with van der Waals surface area (Å²) in [5, 5.41) is 3.34. The lowest BCUT2D eigenvalue weighted by Gasteiger charge is -2.25. The molecule has 2 rings (SSSR count). The van der Waals surface area contributed by atoms with Crippen LogP contribution >= 0.6 is 0 Å². The molecule has 0 bridgehead atoms. The molecular formula is C13H19NO2. The van der Waals surface area contributed by atoms with Gasteiger partial charge in [-0.2, -0.15) is 0 Å². The lowest BCUT2D eigenvalue weighted by molar-refractivity contribution is 0.0276. The Hall–Kier alpha value is -1.06. The second-order valence-corrected chi connectivity index (χ2v) is 4.25. The van der Waals surface area contributed by atoms with Crippen LogP contribution in [0.15, 0.2) is 12.1 Å². The smallest absolute Gasteiger partial charge is 0.124 e. The van der Waals surface area contributed by atoms with Gasteiger partial charge in [0.1, 0.15) is 5.75 Å². The average molecular weight is 221 g/mol. The number of methoxy groups -OCH3 is 1. The SMILES string of the molecule is COc1c(C)cc(C2CNCCO2)cc1C. The highest BCUT2D eigenvalue weighted by Gasteiger charge is 2.17. The molecule has 0 amide bonds. The Morgan fingerprint density at radius 3 is 2.50 bits per heavy atom. The third-order valence-electron chi connectivity index (χ3n) is 2.99. The Bertz CT molecular complexity index is 347. The van der Waals surface area contributed by atoms with E-state index in [1.54, 1.807) is 7.11 Å². The molecule has 1 saturated heterocycles. The molecule has 1 unspecified atom stereocenters. The Kier molecular flexibility index (Phi) is 3.46. The van der Waals surface area contributed by atoms with Crippen LogP contribution in [-0.4, -0.2) is 26.8 Å². The second-order valence-electron chi connectivity index (χ2n) is 4.25. The van der Waals surface area contributed by atoms with Crippen LogP contribution in [0.1, 0.15) is 22.8 Å². The first kappa shape index (κ1) is 11.4. The van der Waals surface area contributed by atoms with E-state index in [1.165, 1.54) is 16.7 Å². The molecule has 1 aliphatic rings. The standard InChI is InChI=1S/C13H19NO2/c1-9-6-11(7-10(2)13(9)15-3)12-8-14-4-5-16-12/h6-7,12,14H,4-5,8H2,1-3H3. The third-order valence-corrected chi connectivity index (χ3v) is 2.99. The van der Waals surface area contributed by atoms with Crippen molar-refractivity contribution in [3.63, 3.8) is 0 Å². The molecule has 0 radical (unpaired) electrons. The van der Waals surface area contributed by atoms with Gasteiger partial charge in [0, 0.05) is 13.1 Å². The molecule has 0 spiro atoms. The van der Waals surface area contributed by atoms with E-state index in [0.717, 1.165) is 25.4 Å². The Labute approximate surface area is 96.8 Å². The Morgan fingerprint density at radius 1 is 1.31 bits per heavy atom. The van der Waals surface area contributed by atoms with Gasteiger partial charge >= 0.3 is 0 Å². The second kappa shape index (κ2) is 4.85. The van der Waals surface area contributed by atoms with Crippen molar-refractivity contribution in [2.75, 3.05) is 26.8 Å². The van der Waals surface area contributed by atoms with E-state index in [0.29, 0.717) is 0 Å². The fourth-order valence-electron chi connectivity index (χ4n) is 2.27. The summed E-state index contributed by atoms with van der Waals surface area (Å²) in [5.74, 6) is 0.979. The van der Waals surface area contributed by atoms with Gasteiger partial charge in [0.2, 0.25) is 0 Å². The van der Waals surface area contributed by atoms with Crippen LogP contribution < -0.4 is 10.1 Å². The molecule has 0 saturated carbocycles. The lowest BCUT2D eigenvalue weighted by Crippen LogP contribution is -2.33. The number of ether oxygens (including phenoxy) is 2. The molecular weight excluding hydrogens is 202 g/mol. The van der Waals surface area contributed by atoms with Crippen LogP contribution in [0.5, 0.6) is 5.75 Å². The molecule has 1 fully saturated rings. The molecule has 3 heteroatoms. The van der Waals surface area contributed by atoms with Crippen LogP contribution in [0.2, 0.25) is 0 Å². The van der Waals surface area contributed by atoms with Crippen molar-refractivity contribution < 1.29 is 9.47 Å². The van der Waals surface area contributed by atoms with Crippen LogP contribution in [0.3, 0.4) is 0 Å². The minimum absolute atomic E-state index is 0.178. The Balaban J connectivity index is 2.28. The highest BCUT2D eigenvalue weighted by Crippen LogP contribution is 2.28. The van der Waals surface area contributed by atoms with Crippen LogP contribution in [0, 0.1) is 13.8 Å². The number of aryl methyl sites for hydroxylation is 2. The van der Waals surface area contributed by atoms with E-state index in [-0.39, 0.29) is 6.10 Å². The number of rotatable bonds is 2. The third kappa shape index (κ3) is 2.20. The van der Waals surface area contributed by atoms with Gasteiger partial charge in [0.25, 0.3) is 0 Å². The van der Waals surface area contributed by atoms with Crippen molar-refractivity contribution in [3.05, 3.63) is 28.8 Å². The quantitative estimate of drug-likeness (QED) is 0.828. The summed E-state index contributed by atoms with van der Waals surface area (Å²) >= 11 is 0. The van der Waals surface area contributed by atoms with E-state index < -0.39 is 0 Å². The zero-order valence-corrected chi connectivity index (χ0v) is 10.2. The summed E-state index contributed by atoms with van der Waals surface area (Å²) in [4.78, 5) is 0. The number of morpholine rings is 1. The highest BCUT2D eigenvalue weighted by molar-refractivity contribution is 5.44. The maximum Gasteiger partial charge on any atom is 0.124 e. The van der Waals surface area contributed by atoms with Crippen molar-refractivity contribution in [2.45, 2.75) is 20.0 Å². The van der Waals surface area contributed by atoms with Gasteiger partial charge in [-0.15, -0.1) is 0 Å². The molecule has 0 aromatic heterocycles. The van der Waals surface area contributed by atoms with Gasteiger partial charge in [-0.25, -0.2) is 0 Å². The maximum atomic E-state index is 5.74. The monoisotopic (exact) mass is 221 g/mol. The van der Waals surface area contributed by atoms with E-state index >= 15 is 0 Å². The summed E-state index contributed by atoms with van der Waals surface area (Å²) < 4.78 is 11.1. The van der Waals surface area contributed by atoms with E-state index in [2.05, 4.69) is 31.3 Å². The molecule has 0 aliphatic carbocycles. The van der Waals surface area contributed by atoms with E-state index in [9.17, 15) is 0 Å². The summed E-state index contributed by atoms with van der Waals surface area (Å²) in [6, 6.07) is 4.31. The lowest BCUT2D eigenvalue weighted by atomic mass is 10.0. The summed E-state index contributed by atoms with van der Waals surface area (Å²) in [5.41, 5.74) is 3.58. The van der Waals surface area contributed by atoms with Gasteiger partial charge in [0.15, 0.2) is 0 Å². The molecule has 1 aliphatic heterocycles. The maximum absolute atomic E-state index is 5.74.